The number of anilines is 2. The molecule has 128 valence electrons. The third kappa shape index (κ3) is 4.43. The van der Waals surface area contributed by atoms with Crippen LogP contribution in [0.25, 0.3) is 0 Å². The molecule has 6 heteroatoms. The van der Waals surface area contributed by atoms with Crippen LogP contribution in [0, 0.1) is 6.92 Å². The first-order valence-corrected chi connectivity index (χ1v) is 8.07. The largest absolute Gasteiger partial charge is 0.496 e. The van der Waals surface area contributed by atoms with E-state index in [4.69, 9.17) is 15.2 Å². The van der Waals surface area contributed by atoms with E-state index in [2.05, 4.69) is 5.32 Å². The van der Waals surface area contributed by atoms with Gasteiger partial charge in [-0.2, -0.15) is 0 Å². The van der Waals surface area contributed by atoms with Gasteiger partial charge >= 0.3 is 6.09 Å². The fraction of sp³-hybridized carbons (Fsp3) is 0.588. The number of carbonyl (C=O) groups is 1. The number of nitrogen functional groups attached to an aromatic ring is 1. The Morgan fingerprint density at radius 3 is 2.57 bits per heavy atom. The molecule has 0 aliphatic carbocycles. The molecule has 0 spiro atoms. The van der Waals surface area contributed by atoms with Crippen LogP contribution in [-0.2, 0) is 4.74 Å². The zero-order valence-corrected chi connectivity index (χ0v) is 14.4. The van der Waals surface area contributed by atoms with Crippen LogP contribution >= 0.6 is 0 Å². The first-order chi connectivity index (χ1) is 10.9. The highest BCUT2D eigenvalue weighted by atomic mass is 16.6. The predicted molar refractivity (Wildman–Crippen MR) is 92.0 cm³/mol. The molecule has 0 radical (unpaired) electrons. The molecule has 1 saturated heterocycles. The van der Waals surface area contributed by atoms with Gasteiger partial charge in [0.1, 0.15) is 5.75 Å². The van der Waals surface area contributed by atoms with Crippen molar-refractivity contribution in [3.63, 3.8) is 0 Å². The number of piperidine rings is 1. The molecular formula is C17H27N3O3. The van der Waals surface area contributed by atoms with Gasteiger partial charge < -0.3 is 25.4 Å². The highest BCUT2D eigenvalue weighted by Gasteiger charge is 2.24. The number of likely N-dealkylation sites (tertiary alicyclic amines) is 1. The second-order valence-corrected chi connectivity index (χ2v) is 6.25. The van der Waals surface area contributed by atoms with Crippen molar-refractivity contribution >= 4 is 17.5 Å². The lowest BCUT2D eigenvalue weighted by Gasteiger charge is -2.33. The molecule has 1 aromatic rings. The second kappa shape index (κ2) is 7.44. The average molecular weight is 321 g/mol. The van der Waals surface area contributed by atoms with Gasteiger partial charge in [0.05, 0.1) is 24.6 Å². The van der Waals surface area contributed by atoms with Crippen molar-refractivity contribution in [3.8, 4) is 5.75 Å². The van der Waals surface area contributed by atoms with E-state index in [1.807, 2.05) is 32.9 Å². The van der Waals surface area contributed by atoms with E-state index < -0.39 is 0 Å². The Hall–Kier alpha value is -2.11. The Balaban J connectivity index is 1.92. The molecule has 0 aromatic heterocycles. The molecule has 0 bridgehead atoms. The van der Waals surface area contributed by atoms with Crippen molar-refractivity contribution in [1.82, 2.24) is 4.90 Å². The number of hydrogen-bond donors (Lipinski definition) is 2. The summed E-state index contributed by atoms with van der Waals surface area (Å²) in [6.45, 7) is 7.10. The maximum atomic E-state index is 11.9. The molecule has 1 amide bonds. The molecule has 3 N–H and O–H groups in total. The van der Waals surface area contributed by atoms with E-state index in [0.717, 1.165) is 29.8 Å². The number of nitrogens with two attached hydrogens (primary N) is 1. The number of nitrogens with zero attached hydrogens (tertiary/aromatic N) is 1. The van der Waals surface area contributed by atoms with Crippen LogP contribution in [0.2, 0.25) is 0 Å². The molecule has 1 heterocycles. The topological polar surface area (TPSA) is 76.8 Å². The lowest BCUT2D eigenvalue weighted by Crippen LogP contribution is -2.43. The molecular weight excluding hydrogens is 294 g/mol. The summed E-state index contributed by atoms with van der Waals surface area (Å²) in [5, 5.41) is 3.48. The fourth-order valence-corrected chi connectivity index (χ4v) is 2.75. The minimum absolute atomic E-state index is 0.0829. The van der Waals surface area contributed by atoms with Gasteiger partial charge in [-0.05, 0) is 45.2 Å². The summed E-state index contributed by atoms with van der Waals surface area (Å²) < 4.78 is 10.5. The maximum absolute atomic E-state index is 11.9. The molecule has 1 aliphatic heterocycles. The summed E-state index contributed by atoms with van der Waals surface area (Å²) in [5.41, 5.74) is 8.73. The molecule has 23 heavy (non-hydrogen) atoms. The normalized spacial score (nSPS) is 15.6. The fourth-order valence-electron chi connectivity index (χ4n) is 2.75. The number of carbonyl (C=O) groups excluding carboxylic acids is 1. The van der Waals surface area contributed by atoms with Crippen molar-refractivity contribution in [3.05, 3.63) is 17.7 Å². The number of nitrogens with one attached hydrogen (secondary N) is 1. The predicted octanol–water partition coefficient (Wildman–Crippen LogP) is 3.01. The van der Waals surface area contributed by atoms with Gasteiger partial charge in [-0.3, -0.25) is 0 Å². The zero-order valence-electron chi connectivity index (χ0n) is 14.4. The number of hydrogen-bond acceptors (Lipinski definition) is 5. The number of aryl methyl sites for hydroxylation is 1. The Morgan fingerprint density at radius 2 is 2.00 bits per heavy atom. The number of rotatable bonds is 4. The number of methoxy groups -OCH3 is 1. The third-order valence-electron chi connectivity index (χ3n) is 4.02. The van der Waals surface area contributed by atoms with E-state index in [-0.39, 0.29) is 12.2 Å². The summed E-state index contributed by atoms with van der Waals surface area (Å²) in [6, 6.07) is 4.15. The summed E-state index contributed by atoms with van der Waals surface area (Å²) >= 11 is 0. The Morgan fingerprint density at radius 1 is 1.35 bits per heavy atom. The maximum Gasteiger partial charge on any atom is 0.410 e. The Kier molecular flexibility index (Phi) is 5.58. The van der Waals surface area contributed by atoms with Crippen LogP contribution in [0.5, 0.6) is 5.75 Å². The first-order valence-electron chi connectivity index (χ1n) is 8.07. The van der Waals surface area contributed by atoms with E-state index in [1.54, 1.807) is 12.0 Å². The Bertz CT molecular complexity index is 552. The van der Waals surface area contributed by atoms with Crippen molar-refractivity contribution in [2.45, 2.75) is 45.8 Å². The molecule has 1 aliphatic rings. The standard InChI is InChI=1S/C17H27N3O3/c1-11(2)23-17(21)20-7-5-13(6-8-20)19-15-9-12(3)16(22-4)10-14(15)18/h9-11,13,19H,5-8,18H2,1-4H3. The van der Waals surface area contributed by atoms with Gasteiger partial charge in [0.2, 0.25) is 0 Å². The van der Waals surface area contributed by atoms with Gasteiger partial charge in [-0.1, -0.05) is 0 Å². The molecule has 0 atom stereocenters. The number of amides is 1. The van der Waals surface area contributed by atoms with Gasteiger partial charge in [0.25, 0.3) is 0 Å². The van der Waals surface area contributed by atoms with Crippen LogP contribution in [0.1, 0.15) is 32.3 Å². The quantitative estimate of drug-likeness (QED) is 0.834. The molecule has 1 aromatic carbocycles. The number of benzene rings is 1. The lowest BCUT2D eigenvalue weighted by molar-refractivity contribution is 0.0701. The van der Waals surface area contributed by atoms with Crippen LogP contribution in [-0.4, -0.2) is 43.3 Å². The van der Waals surface area contributed by atoms with Crippen LogP contribution in [0.3, 0.4) is 0 Å². The molecule has 1 fully saturated rings. The molecule has 2 rings (SSSR count). The van der Waals surface area contributed by atoms with Crippen LogP contribution in [0.15, 0.2) is 12.1 Å². The minimum atomic E-state index is -0.224. The van der Waals surface area contributed by atoms with E-state index >= 15 is 0 Å². The summed E-state index contributed by atoms with van der Waals surface area (Å²) in [6.07, 6.45) is 1.44. The summed E-state index contributed by atoms with van der Waals surface area (Å²) in [7, 11) is 1.64. The van der Waals surface area contributed by atoms with Gasteiger partial charge in [0.15, 0.2) is 0 Å². The van der Waals surface area contributed by atoms with Crippen molar-refractivity contribution in [2.75, 3.05) is 31.2 Å². The van der Waals surface area contributed by atoms with Crippen LogP contribution in [0.4, 0.5) is 16.2 Å². The molecule has 0 unspecified atom stereocenters. The highest BCUT2D eigenvalue weighted by Crippen LogP contribution is 2.30. The first kappa shape index (κ1) is 17.2. The van der Waals surface area contributed by atoms with Gasteiger partial charge in [-0.15, -0.1) is 0 Å². The van der Waals surface area contributed by atoms with Gasteiger partial charge in [-0.25, -0.2) is 4.79 Å². The molecule has 6 nitrogen and oxygen atoms in total. The van der Waals surface area contributed by atoms with E-state index in [0.29, 0.717) is 24.8 Å². The van der Waals surface area contributed by atoms with E-state index in [1.165, 1.54) is 0 Å². The smallest absolute Gasteiger partial charge is 0.410 e. The minimum Gasteiger partial charge on any atom is -0.496 e. The molecule has 0 saturated carbocycles. The SMILES string of the molecule is COc1cc(N)c(NC2CCN(C(=O)OC(C)C)CC2)cc1C. The second-order valence-electron chi connectivity index (χ2n) is 6.25. The average Bonchev–Trinajstić information content (AvgIpc) is 2.50. The zero-order chi connectivity index (χ0) is 17.0. The number of ether oxygens (including phenoxy) is 2. The van der Waals surface area contributed by atoms with Crippen molar-refractivity contribution in [2.24, 2.45) is 0 Å². The monoisotopic (exact) mass is 321 g/mol. The van der Waals surface area contributed by atoms with Gasteiger partial charge in [0, 0.05) is 25.2 Å². The lowest BCUT2D eigenvalue weighted by atomic mass is 10.0. The summed E-state index contributed by atoms with van der Waals surface area (Å²) in [4.78, 5) is 13.7. The van der Waals surface area contributed by atoms with Crippen LogP contribution < -0.4 is 15.8 Å². The van der Waals surface area contributed by atoms with Crippen molar-refractivity contribution < 1.29 is 14.3 Å². The highest BCUT2D eigenvalue weighted by molar-refractivity contribution is 5.71. The van der Waals surface area contributed by atoms with Crippen molar-refractivity contribution in [1.29, 1.82) is 0 Å². The third-order valence-corrected chi connectivity index (χ3v) is 4.02. The Labute approximate surface area is 137 Å². The summed E-state index contributed by atoms with van der Waals surface area (Å²) in [5.74, 6) is 0.791. The van der Waals surface area contributed by atoms with E-state index in [9.17, 15) is 4.79 Å².